The van der Waals surface area contributed by atoms with E-state index in [1.165, 1.54) is 16.5 Å². The van der Waals surface area contributed by atoms with E-state index in [0.29, 0.717) is 6.01 Å². The highest BCUT2D eigenvalue weighted by atomic mass is 16.5. The Morgan fingerprint density at radius 1 is 0.962 bits per heavy atom. The number of H-pyrrole nitrogens is 1. The van der Waals surface area contributed by atoms with Gasteiger partial charge in [-0.05, 0) is 48.4 Å². The predicted molar refractivity (Wildman–Crippen MR) is 102 cm³/mol. The molecule has 0 aliphatic heterocycles. The Kier molecular flexibility index (Phi) is 4.89. The van der Waals surface area contributed by atoms with E-state index in [0.717, 1.165) is 30.8 Å². The summed E-state index contributed by atoms with van der Waals surface area (Å²) in [5.41, 5.74) is 3.69. The fourth-order valence-electron chi connectivity index (χ4n) is 2.96. The van der Waals surface area contributed by atoms with E-state index in [-0.39, 0.29) is 0 Å². The minimum absolute atomic E-state index is 0.358. The lowest BCUT2D eigenvalue weighted by Crippen LogP contribution is -2.16. The number of ether oxygens (including phenoxy) is 1. The maximum absolute atomic E-state index is 5.68. The molecule has 130 valence electrons. The minimum Gasteiger partial charge on any atom is -0.424 e. The third kappa shape index (κ3) is 3.90. The van der Waals surface area contributed by atoms with Gasteiger partial charge in [-0.15, -0.1) is 0 Å². The molecule has 0 fully saturated rings. The van der Waals surface area contributed by atoms with E-state index >= 15 is 0 Å². The second kappa shape index (κ2) is 7.80. The average molecular weight is 344 g/mol. The molecule has 2 aromatic heterocycles. The zero-order valence-corrected chi connectivity index (χ0v) is 14.4. The number of hydrogen-bond acceptors (Lipinski definition) is 4. The van der Waals surface area contributed by atoms with Gasteiger partial charge < -0.3 is 15.0 Å². The van der Waals surface area contributed by atoms with E-state index in [1.54, 1.807) is 18.5 Å². The molecule has 0 bridgehead atoms. The monoisotopic (exact) mass is 344 g/mol. The molecule has 2 aromatic carbocycles. The summed E-state index contributed by atoms with van der Waals surface area (Å²) in [6.45, 7) is 1.70. The van der Waals surface area contributed by atoms with Crippen LogP contribution in [0.5, 0.6) is 11.8 Å². The number of nitrogens with zero attached hydrogens (tertiary/aromatic N) is 2. The number of aromatic nitrogens is 3. The van der Waals surface area contributed by atoms with Gasteiger partial charge in [0.25, 0.3) is 0 Å². The molecule has 0 radical (unpaired) electrons. The Morgan fingerprint density at radius 2 is 1.85 bits per heavy atom. The van der Waals surface area contributed by atoms with Crippen molar-refractivity contribution < 1.29 is 4.74 Å². The normalized spacial score (nSPS) is 10.9. The van der Waals surface area contributed by atoms with Crippen LogP contribution in [0.3, 0.4) is 0 Å². The average Bonchev–Trinajstić information content (AvgIpc) is 3.10. The van der Waals surface area contributed by atoms with E-state index in [9.17, 15) is 0 Å². The van der Waals surface area contributed by atoms with Gasteiger partial charge in [-0.1, -0.05) is 30.3 Å². The largest absolute Gasteiger partial charge is 0.424 e. The van der Waals surface area contributed by atoms with Crippen molar-refractivity contribution in [1.82, 2.24) is 20.3 Å². The Bertz CT molecular complexity index is 981. The van der Waals surface area contributed by atoms with Gasteiger partial charge in [0.2, 0.25) is 0 Å². The van der Waals surface area contributed by atoms with Gasteiger partial charge in [-0.25, -0.2) is 9.97 Å². The zero-order valence-electron chi connectivity index (χ0n) is 14.4. The summed E-state index contributed by atoms with van der Waals surface area (Å²) in [5.74, 6) is 0.743. The number of para-hydroxylation sites is 1. The van der Waals surface area contributed by atoms with Crippen LogP contribution in [0.2, 0.25) is 0 Å². The SMILES string of the molecule is c1cnc(Oc2cccc(CNCCc3c[nH]c4ccccc34)c2)nc1. The molecule has 0 unspecified atom stereocenters. The summed E-state index contributed by atoms with van der Waals surface area (Å²) in [5, 5.41) is 4.79. The Hall–Kier alpha value is -3.18. The lowest BCUT2D eigenvalue weighted by atomic mass is 10.1. The van der Waals surface area contributed by atoms with Crippen LogP contribution in [-0.4, -0.2) is 21.5 Å². The van der Waals surface area contributed by atoms with E-state index in [2.05, 4.69) is 56.8 Å². The number of hydrogen-bond donors (Lipinski definition) is 2. The number of rotatable bonds is 7. The molecule has 0 atom stereocenters. The summed E-state index contributed by atoms with van der Waals surface area (Å²) < 4.78 is 5.68. The summed E-state index contributed by atoms with van der Waals surface area (Å²) in [7, 11) is 0. The number of benzene rings is 2. The standard InChI is InChI=1S/C21H20N4O/c1-2-8-20-19(7-1)17(15-25-20)9-12-22-14-16-5-3-6-18(13-16)26-21-23-10-4-11-24-21/h1-8,10-11,13,15,22,25H,9,12,14H2. The van der Waals surface area contributed by atoms with Gasteiger partial charge in [0.05, 0.1) is 0 Å². The lowest BCUT2D eigenvalue weighted by Gasteiger charge is -2.07. The first-order chi connectivity index (χ1) is 12.9. The maximum Gasteiger partial charge on any atom is 0.321 e. The molecule has 2 N–H and O–H groups in total. The molecule has 0 aliphatic carbocycles. The first-order valence-corrected chi connectivity index (χ1v) is 8.68. The Morgan fingerprint density at radius 3 is 2.77 bits per heavy atom. The molecule has 0 saturated heterocycles. The van der Waals surface area contributed by atoms with Gasteiger partial charge >= 0.3 is 6.01 Å². The number of fused-ring (bicyclic) bond motifs is 1. The summed E-state index contributed by atoms with van der Waals surface area (Å²) >= 11 is 0. The van der Waals surface area contributed by atoms with Gasteiger partial charge in [0, 0.05) is 36.0 Å². The predicted octanol–water partition coefficient (Wildman–Crippen LogP) is 4.08. The molecule has 0 amide bonds. The zero-order chi connectivity index (χ0) is 17.6. The van der Waals surface area contributed by atoms with Crippen LogP contribution in [-0.2, 0) is 13.0 Å². The van der Waals surface area contributed by atoms with E-state index in [1.807, 2.05) is 18.2 Å². The molecule has 0 aliphatic rings. The van der Waals surface area contributed by atoms with Gasteiger partial charge in [-0.3, -0.25) is 0 Å². The van der Waals surface area contributed by atoms with E-state index < -0.39 is 0 Å². The number of aromatic amines is 1. The third-order valence-corrected chi connectivity index (χ3v) is 4.22. The Labute approximate surface area is 152 Å². The van der Waals surface area contributed by atoms with Crippen molar-refractivity contribution in [3.8, 4) is 11.8 Å². The molecule has 0 spiro atoms. The van der Waals surface area contributed by atoms with Crippen LogP contribution in [0.4, 0.5) is 0 Å². The first-order valence-electron chi connectivity index (χ1n) is 8.68. The van der Waals surface area contributed by atoms with Crippen molar-refractivity contribution in [3.63, 3.8) is 0 Å². The van der Waals surface area contributed by atoms with Crippen molar-refractivity contribution in [3.05, 3.63) is 84.3 Å². The molecule has 4 aromatic rings. The molecule has 5 nitrogen and oxygen atoms in total. The van der Waals surface area contributed by atoms with Gasteiger partial charge in [-0.2, -0.15) is 0 Å². The van der Waals surface area contributed by atoms with Crippen molar-refractivity contribution in [2.24, 2.45) is 0 Å². The minimum atomic E-state index is 0.358. The van der Waals surface area contributed by atoms with Gasteiger partial charge in [0.15, 0.2) is 0 Å². The molecule has 2 heterocycles. The van der Waals surface area contributed by atoms with Crippen LogP contribution < -0.4 is 10.1 Å². The highest BCUT2D eigenvalue weighted by Crippen LogP contribution is 2.19. The summed E-state index contributed by atoms with van der Waals surface area (Å²) in [4.78, 5) is 11.5. The van der Waals surface area contributed by atoms with Crippen LogP contribution in [0, 0.1) is 0 Å². The molecule has 5 heteroatoms. The van der Waals surface area contributed by atoms with Crippen LogP contribution in [0.15, 0.2) is 73.2 Å². The highest BCUT2D eigenvalue weighted by Gasteiger charge is 2.03. The summed E-state index contributed by atoms with van der Waals surface area (Å²) in [6, 6.07) is 18.5. The molecule has 4 rings (SSSR count). The Balaban J connectivity index is 1.31. The number of nitrogens with one attached hydrogen (secondary N) is 2. The van der Waals surface area contributed by atoms with Crippen molar-refractivity contribution in [1.29, 1.82) is 0 Å². The molecular weight excluding hydrogens is 324 g/mol. The second-order valence-electron chi connectivity index (χ2n) is 6.07. The topological polar surface area (TPSA) is 62.8 Å². The maximum atomic E-state index is 5.68. The van der Waals surface area contributed by atoms with Crippen LogP contribution in [0.1, 0.15) is 11.1 Å². The highest BCUT2D eigenvalue weighted by molar-refractivity contribution is 5.83. The lowest BCUT2D eigenvalue weighted by molar-refractivity contribution is 0.441. The summed E-state index contributed by atoms with van der Waals surface area (Å²) in [6.07, 6.45) is 6.41. The fraction of sp³-hybridized carbons (Fsp3) is 0.143. The third-order valence-electron chi connectivity index (χ3n) is 4.22. The molecule has 0 saturated carbocycles. The van der Waals surface area contributed by atoms with Crippen LogP contribution >= 0.6 is 0 Å². The fourth-order valence-corrected chi connectivity index (χ4v) is 2.96. The molecular formula is C21H20N4O. The van der Waals surface area contributed by atoms with Crippen LogP contribution in [0.25, 0.3) is 10.9 Å². The molecule has 26 heavy (non-hydrogen) atoms. The smallest absolute Gasteiger partial charge is 0.321 e. The second-order valence-corrected chi connectivity index (χ2v) is 6.07. The van der Waals surface area contributed by atoms with Gasteiger partial charge in [0.1, 0.15) is 5.75 Å². The first kappa shape index (κ1) is 16.3. The van der Waals surface area contributed by atoms with Crippen molar-refractivity contribution in [2.45, 2.75) is 13.0 Å². The van der Waals surface area contributed by atoms with Crippen molar-refractivity contribution >= 4 is 10.9 Å². The van der Waals surface area contributed by atoms with Crippen molar-refractivity contribution in [2.75, 3.05) is 6.54 Å². The quantitative estimate of drug-likeness (QED) is 0.496. The van der Waals surface area contributed by atoms with E-state index in [4.69, 9.17) is 4.74 Å².